The smallest absolute Gasteiger partial charge is 0.336 e. The van der Waals surface area contributed by atoms with Crippen LogP contribution < -0.4 is 4.74 Å². The number of carbonyl (C=O) groups is 1. The first-order chi connectivity index (χ1) is 16.4. The van der Waals surface area contributed by atoms with Crippen LogP contribution >= 0.6 is 11.3 Å². The van der Waals surface area contributed by atoms with Gasteiger partial charge in [-0.3, -0.25) is 0 Å². The topological polar surface area (TPSA) is 59.4 Å². The van der Waals surface area contributed by atoms with Crippen molar-refractivity contribution in [2.24, 2.45) is 5.92 Å². The molecule has 1 aliphatic rings. The number of carboxylic acids is 1. The number of hydrogen-bond donors (Lipinski definition) is 1. The number of hydrogen-bond acceptors (Lipinski definition) is 4. The second-order valence-electron chi connectivity index (χ2n) is 9.42. The lowest BCUT2D eigenvalue weighted by atomic mass is 9.88. The minimum Gasteiger partial charge on any atom is -0.490 e. The van der Waals surface area contributed by atoms with Crippen molar-refractivity contribution in [1.82, 2.24) is 4.98 Å². The molecular weight excluding hydrogens is 442 g/mol. The number of rotatable bonds is 7. The van der Waals surface area contributed by atoms with Crippen LogP contribution in [0.3, 0.4) is 0 Å². The molecule has 1 aliphatic carbocycles. The van der Waals surface area contributed by atoms with E-state index in [4.69, 9.17) is 9.72 Å². The molecule has 34 heavy (non-hydrogen) atoms. The first-order valence-corrected chi connectivity index (χ1v) is 13.3. The summed E-state index contributed by atoms with van der Waals surface area (Å²) in [5, 5.41) is 10.9. The van der Waals surface area contributed by atoms with E-state index in [1.165, 1.54) is 22.4 Å². The number of nitrogens with zero attached hydrogens (tertiary/aromatic N) is 1. The second-order valence-corrected chi connectivity index (χ2v) is 10.5. The highest BCUT2D eigenvalue weighted by molar-refractivity contribution is 7.16. The van der Waals surface area contributed by atoms with Crippen LogP contribution in [0.4, 0.5) is 0 Å². The van der Waals surface area contributed by atoms with E-state index in [2.05, 4.69) is 45.9 Å². The van der Waals surface area contributed by atoms with E-state index in [-0.39, 0.29) is 11.7 Å². The van der Waals surface area contributed by atoms with Gasteiger partial charge < -0.3 is 9.84 Å². The number of fused-ring (bicyclic) bond motifs is 1. The number of thiophene rings is 1. The molecule has 180 valence electrons. The predicted octanol–water partition coefficient (Wildman–Crippen LogP) is 8.09. The fourth-order valence-corrected chi connectivity index (χ4v) is 6.57. The highest BCUT2D eigenvalue weighted by Crippen LogP contribution is 2.41. The van der Waals surface area contributed by atoms with E-state index in [9.17, 15) is 9.90 Å². The highest BCUT2D eigenvalue weighted by atomic mass is 32.1. The molecule has 0 bridgehead atoms. The fraction of sp³-hybridized carbons (Fsp3) is 0.448. The Morgan fingerprint density at radius 1 is 1.26 bits per heavy atom. The minimum atomic E-state index is -0.942. The van der Waals surface area contributed by atoms with Gasteiger partial charge in [-0.1, -0.05) is 39.3 Å². The summed E-state index contributed by atoms with van der Waals surface area (Å²) in [6.45, 7) is 10.7. The van der Waals surface area contributed by atoms with Crippen molar-refractivity contribution in [2.45, 2.75) is 79.2 Å². The first kappa shape index (κ1) is 24.5. The summed E-state index contributed by atoms with van der Waals surface area (Å²) in [6.07, 6.45) is 10.4. The van der Waals surface area contributed by atoms with Crippen LogP contribution in [-0.4, -0.2) is 22.2 Å². The Hall–Kier alpha value is -2.66. The van der Waals surface area contributed by atoms with Crippen LogP contribution in [0.15, 0.2) is 24.3 Å². The second kappa shape index (κ2) is 10.3. The van der Waals surface area contributed by atoms with Gasteiger partial charge in [0.25, 0.3) is 0 Å². The molecule has 5 heteroatoms. The standard InChI is InChI=1S/C29H35NO3S/c1-6-10-25-21(8-3)18(5)28(34-25)23-16-22(29(31)32)26-24(14-13-19(7-2)27(26)30-23)33-20-12-9-11-17(4)15-20/h6,10,13-14,16-17,20H,7-9,11-12,15H2,1-5H3,(H,31,32)/b10-6-/t17-,20-/m1/s1. The van der Waals surface area contributed by atoms with Crippen molar-refractivity contribution in [1.29, 1.82) is 0 Å². The van der Waals surface area contributed by atoms with Gasteiger partial charge in [0, 0.05) is 4.88 Å². The van der Waals surface area contributed by atoms with Crippen LogP contribution in [0.5, 0.6) is 5.75 Å². The number of pyridine rings is 1. The van der Waals surface area contributed by atoms with Gasteiger partial charge in [-0.05, 0) is 86.8 Å². The highest BCUT2D eigenvalue weighted by Gasteiger charge is 2.25. The summed E-state index contributed by atoms with van der Waals surface area (Å²) in [5.41, 5.74) is 5.28. The van der Waals surface area contributed by atoms with Gasteiger partial charge in [-0.2, -0.15) is 0 Å². The number of benzene rings is 1. The Morgan fingerprint density at radius 2 is 2.06 bits per heavy atom. The molecule has 3 aromatic rings. The average Bonchev–Trinajstić information content (AvgIpc) is 3.13. The third-order valence-corrected chi connectivity index (χ3v) is 8.33. The molecule has 0 saturated heterocycles. The minimum absolute atomic E-state index is 0.121. The van der Waals surface area contributed by atoms with Crippen LogP contribution in [0, 0.1) is 12.8 Å². The predicted molar refractivity (Wildman–Crippen MR) is 142 cm³/mol. The van der Waals surface area contributed by atoms with Gasteiger partial charge in [0.05, 0.1) is 33.1 Å². The maximum Gasteiger partial charge on any atom is 0.336 e. The lowest BCUT2D eigenvalue weighted by molar-refractivity contribution is 0.0698. The summed E-state index contributed by atoms with van der Waals surface area (Å²) < 4.78 is 6.46. The average molecular weight is 478 g/mol. The molecule has 1 fully saturated rings. The maximum atomic E-state index is 12.5. The van der Waals surface area contributed by atoms with Crippen LogP contribution in [-0.2, 0) is 12.8 Å². The quantitative estimate of drug-likeness (QED) is 0.373. The number of allylic oxidation sites excluding steroid dienone is 1. The van der Waals surface area contributed by atoms with Crippen LogP contribution in [0.2, 0.25) is 0 Å². The summed E-state index contributed by atoms with van der Waals surface area (Å²) in [6, 6.07) is 5.75. The Labute approximate surface area is 206 Å². The molecule has 0 unspecified atom stereocenters. The van der Waals surface area contributed by atoms with E-state index in [1.54, 1.807) is 17.4 Å². The summed E-state index contributed by atoms with van der Waals surface area (Å²) in [5.74, 6) is 0.335. The molecular formula is C29H35NO3S. The van der Waals surface area contributed by atoms with Crippen LogP contribution in [0.1, 0.15) is 85.3 Å². The summed E-state index contributed by atoms with van der Waals surface area (Å²) in [7, 11) is 0. The third-order valence-electron chi connectivity index (χ3n) is 7.01. The van der Waals surface area contributed by atoms with Crippen LogP contribution in [0.25, 0.3) is 27.6 Å². The van der Waals surface area contributed by atoms with E-state index < -0.39 is 5.97 Å². The fourth-order valence-electron chi connectivity index (χ4n) is 5.24. The van der Waals surface area contributed by atoms with Crippen molar-refractivity contribution in [3.63, 3.8) is 0 Å². The summed E-state index contributed by atoms with van der Waals surface area (Å²) >= 11 is 1.69. The molecule has 2 aromatic heterocycles. The summed E-state index contributed by atoms with van der Waals surface area (Å²) in [4.78, 5) is 19.9. The molecule has 0 amide bonds. The molecule has 2 heterocycles. The molecule has 1 aromatic carbocycles. The molecule has 2 atom stereocenters. The number of aryl methyl sites for hydroxylation is 1. The molecule has 0 spiro atoms. The van der Waals surface area contributed by atoms with Crippen molar-refractivity contribution in [3.05, 3.63) is 51.4 Å². The maximum absolute atomic E-state index is 12.5. The number of carboxylic acid groups (broad SMARTS) is 1. The van der Waals surface area contributed by atoms with Gasteiger partial charge in [-0.15, -0.1) is 11.3 Å². The first-order valence-electron chi connectivity index (χ1n) is 12.5. The van der Waals surface area contributed by atoms with Gasteiger partial charge >= 0.3 is 5.97 Å². The van der Waals surface area contributed by atoms with E-state index in [0.717, 1.165) is 53.8 Å². The lowest BCUT2D eigenvalue weighted by Crippen LogP contribution is -2.24. The Bertz CT molecular complexity index is 1240. The number of ether oxygens (including phenoxy) is 1. The van der Waals surface area contributed by atoms with Gasteiger partial charge in [0.2, 0.25) is 0 Å². The van der Waals surface area contributed by atoms with Crippen molar-refractivity contribution in [2.75, 3.05) is 0 Å². The largest absolute Gasteiger partial charge is 0.490 e. The Kier molecular flexibility index (Phi) is 7.42. The molecule has 4 rings (SSSR count). The molecule has 1 N–H and O–H groups in total. The van der Waals surface area contributed by atoms with Crippen molar-refractivity contribution < 1.29 is 14.6 Å². The van der Waals surface area contributed by atoms with Gasteiger partial charge in [0.1, 0.15) is 5.75 Å². The zero-order valence-corrected chi connectivity index (χ0v) is 21.7. The lowest BCUT2D eigenvalue weighted by Gasteiger charge is -2.28. The zero-order chi connectivity index (χ0) is 24.4. The van der Waals surface area contributed by atoms with Crippen molar-refractivity contribution in [3.8, 4) is 16.3 Å². The number of aromatic nitrogens is 1. The normalized spacial score (nSPS) is 18.6. The number of aromatic carboxylic acids is 1. The van der Waals surface area contributed by atoms with E-state index in [1.807, 2.05) is 13.0 Å². The Morgan fingerprint density at radius 3 is 2.71 bits per heavy atom. The Balaban J connectivity index is 1.92. The monoisotopic (exact) mass is 477 g/mol. The molecule has 1 saturated carbocycles. The van der Waals surface area contributed by atoms with Crippen molar-refractivity contribution >= 4 is 34.3 Å². The van der Waals surface area contributed by atoms with Gasteiger partial charge in [-0.25, -0.2) is 9.78 Å². The van der Waals surface area contributed by atoms with E-state index >= 15 is 0 Å². The van der Waals surface area contributed by atoms with Gasteiger partial charge in [0.15, 0.2) is 0 Å². The molecule has 0 radical (unpaired) electrons. The SMILES string of the molecule is C/C=C\c1sc(-c2cc(C(=O)O)c3c(O[C@@H]4CCC[C@@H](C)C4)ccc(CC)c3n2)c(C)c1CC. The molecule has 4 nitrogen and oxygen atoms in total. The van der Waals surface area contributed by atoms with E-state index in [0.29, 0.717) is 17.1 Å². The third kappa shape index (κ3) is 4.63. The molecule has 0 aliphatic heterocycles. The zero-order valence-electron chi connectivity index (χ0n) is 20.9.